The van der Waals surface area contributed by atoms with Gasteiger partial charge in [-0.05, 0) is 36.2 Å². The van der Waals surface area contributed by atoms with Gasteiger partial charge >= 0.3 is 0 Å². The SMILES string of the molecule is Cc1cncc(-c2ccc(N3CCN(C#N)CC3)cc2)c1. The van der Waals surface area contributed by atoms with E-state index in [-0.39, 0.29) is 0 Å². The second-order valence-electron chi connectivity index (χ2n) is 5.37. The van der Waals surface area contributed by atoms with Crippen LogP contribution in [0.25, 0.3) is 11.1 Å². The summed E-state index contributed by atoms with van der Waals surface area (Å²) in [6.45, 7) is 5.47. The highest BCUT2D eigenvalue weighted by Gasteiger charge is 2.15. The molecule has 0 spiro atoms. The van der Waals surface area contributed by atoms with Crippen LogP contribution in [0.4, 0.5) is 5.69 Å². The number of nitriles is 1. The zero-order valence-corrected chi connectivity index (χ0v) is 12.2. The van der Waals surface area contributed by atoms with Gasteiger partial charge < -0.3 is 9.80 Å². The fraction of sp³-hybridized carbons (Fsp3) is 0.294. The van der Waals surface area contributed by atoms with Crippen LogP contribution < -0.4 is 4.90 Å². The molecule has 1 aromatic heterocycles. The normalized spacial score (nSPS) is 14.9. The Morgan fingerprint density at radius 2 is 1.71 bits per heavy atom. The molecule has 0 aliphatic carbocycles. The highest BCUT2D eigenvalue weighted by molar-refractivity contribution is 5.66. The predicted octanol–water partition coefficient (Wildman–Crippen LogP) is 2.66. The number of pyridine rings is 1. The van der Waals surface area contributed by atoms with Gasteiger partial charge in [0.05, 0.1) is 0 Å². The van der Waals surface area contributed by atoms with Crippen molar-refractivity contribution in [2.45, 2.75) is 6.92 Å². The molecule has 4 heteroatoms. The number of hydrogen-bond donors (Lipinski definition) is 0. The van der Waals surface area contributed by atoms with E-state index < -0.39 is 0 Å². The van der Waals surface area contributed by atoms with Crippen molar-refractivity contribution in [3.05, 3.63) is 48.3 Å². The van der Waals surface area contributed by atoms with Gasteiger partial charge in [0.25, 0.3) is 0 Å². The molecule has 0 radical (unpaired) electrons. The molecule has 2 heterocycles. The van der Waals surface area contributed by atoms with Crippen molar-refractivity contribution in [1.82, 2.24) is 9.88 Å². The van der Waals surface area contributed by atoms with Gasteiger partial charge in [0.2, 0.25) is 0 Å². The molecule has 1 fully saturated rings. The Labute approximate surface area is 125 Å². The van der Waals surface area contributed by atoms with Gasteiger partial charge in [-0.3, -0.25) is 4.98 Å². The first kappa shape index (κ1) is 13.4. The highest BCUT2D eigenvalue weighted by atomic mass is 15.3. The molecular formula is C17H18N4. The first-order chi connectivity index (χ1) is 10.3. The van der Waals surface area contributed by atoms with Crippen LogP contribution in [0.2, 0.25) is 0 Å². The lowest BCUT2D eigenvalue weighted by Crippen LogP contribution is -2.44. The lowest BCUT2D eigenvalue weighted by atomic mass is 10.1. The number of aromatic nitrogens is 1. The lowest BCUT2D eigenvalue weighted by Gasteiger charge is -2.33. The molecule has 106 valence electrons. The molecule has 1 saturated heterocycles. The van der Waals surface area contributed by atoms with Crippen LogP contribution in [-0.4, -0.2) is 36.1 Å². The van der Waals surface area contributed by atoms with Gasteiger partial charge in [-0.15, -0.1) is 0 Å². The smallest absolute Gasteiger partial charge is 0.179 e. The fourth-order valence-corrected chi connectivity index (χ4v) is 2.64. The molecule has 1 aliphatic heterocycles. The molecule has 21 heavy (non-hydrogen) atoms. The summed E-state index contributed by atoms with van der Waals surface area (Å²) in [6, 6.07) is 10.7. The van der Waals surface area contributed by atoms with Crippen LogP contribution in [0, 0.1) is 18.4 Å². The third kappa shape index (κ3) is 2.97. The minimum atomic E-state index is 0.806. The second-order valence-corrected chi connectivity index (χ2v) is 5.37. The number of aryl methyl sites for hydroxylation is 1. The van der Waals surface area contributed by atoms with E-state index in [0.717, 1.165) is 31.7 Å². The summed E-state index contributed by atoms with van der Waals surface area (Å²) in [5.41, 5.74) is 4.72. The summed E-state index contributed by atoms with van der Waals surface area (Å²) in [6.07, 6.45) is 5.98. The summed E-state index contributed by atoms with van der Waals surface area (Å²) in [7, 11) is 0. The minimum absolute atomic E-state index is 0.806. The van der Waals surface area contributed by atoms with Crippen LogP contribution in [0.1, 0.15) is 5.56 Å². The van der Waals surface area contributed by atoms with Crippen LogP contribution >= 0.6 is 0 Å². The number of benzene rings is 1. The lowest BCUT2D eigenvalue weighted by molar-refractivity contribution is 0.363. The van der Waals surface area contributed by atoms with Crippen LogP contribution in [-0.2, 0) is 0 Å². The average molecular weight is 278 g/mol. The van der Waals surface area contributed by atoms with Crippen LogP contribution in [0.15, 0.2) is 42.7 Å². The maximum atomic E-state index is 8.88. The Hall–Kier alpha value is -2.54. The van der Waals surface area contributed by atoms with E-state index in [1.54, 1.807) is 0 Å². The number of anilines is 1. The first-order valence-corrected chi connectivity index (χ1v) is 7.18. The fourth-order valence-electron chi connectivity index (χ4n) is 2.64. The van der Waals surface area contributed by atoms with Crippen molar-refractivity contribution in [2.75, 3.05) is 31.1 Å². The van der Waals surface area contributed by atoms with Gasteiger partial charge in [0, 0.05) is 49.8 Å². The summed E-state index contributed by atoms with van der Waals surface area (Å²) in [5, 5.41) is 8.88. The Morgan fingerprint density at radius 1 is 1.00 bits per heavy atom. The average Bonchev–Trinajstić information content (AvgIpc) is 2.55. The van der Waals surface area contributed by atoms with Gasteiger partial charge in [0.1, 0.15) is 0 Å². The maximum absolute atomic E-state index is 8.88. The Kier molecular flexibility index (Phi) is 3.74. The minimum Gasteiger partial charge on any atom is -0.368 e. The van der Waals surface area contributed by atoms with Gasteiger partial charge in [-0.25, -0.2) is 0 Å². The largest absolute Gasteiger partial charge is 0.368 e. The Balaban J connectivity index is 1.74. The predicted molar refractivity (Wildman–Crippen MR) is 83.8 cm³/mol. The monoisotopic (exact) mass is 278 g/mol. The molecule has 0 bridgehead atoms. The molecular weight excluding hydrogens is 260 g/mol. The maximum Gasteiger partial charge on any atom is 0.179 e. The molecule has 1 aromatic carbocycles. The van der Waals surface area contributed by atoms with Crippen molar-refractivity contribution in [3.8, 4) is 17.3 Å². The first-order valence-electron chi connectivity index (χ1n) is 7.18. The molecule has 3 rings (SSSR count). The summed E-state index contributed by atoms with van der Waals surface area (Å²) < 4.78 is 0. The third-order valence-electron chi connectivity index (χ3n) is 3.86. The van der Waals surface area contributed by atoms with Crippen molar-refractivity contribution in [2.24, 2.45) is 0 Å². The Bertz CT molecular complexity index is 649. The molecule has 0 amide bonds. The Morgan fingerprint density at radius 3 is 2.33 bits per heavy atom. The topological polar surface area (TPSA) is 43.2 Å². The van der Waals surface area contributed by atoms with Crippen molar-refractivity contribution in [1.29, 1.82) is 5.26 Å². The second kappa shape index (κ2) is 5.84. The molecule has 1 aliphatic rings. The quantitative estimate of drug-likeness (QED) is 0.792. The standard InChI is InChI=1S/C17H18N4/c1-14-10-16(12-19-11-14)15-2-4-17(5-3-15)21-8-6-20(13-18)7-9-21/h2-5,10-12H,6-9H2,1H3. The number of rotatable bonds is 2. The van der Waals surface area contributed by atoms with Crippen molar-refractivity contribution < 1.29 is 0 Å². The van der Waals surface area contributed by atoms with Crippen LogP contribution in [0.3, 0.4) is 0 Å². The zero-order chi connectivity index (χ0) is 14.7. The van der Waals surface area contributed by atoms with Crippen molar-refractivity contribution in [3.63, 3.8) is 0 Å². The molecule has 0 unspecified atom stereocenters. The van der Waals surface area contributed by atoms with E-state index >= 15 is 0 Å². The van der Waals surface area contributed by atoms with E-state index in [4.69, 9.17) is 5.26 Å². The summed E-state index contributed by atoms with van der Waals surface area (Å²) in [5.74, 6) is 0. The summed E-state index contributed by atoms with van der Waals surface area (Å²) in [4.78, 5) is 8.38. The van der Waals surface area contributed by atoms with E-state index in [9.17, 15) is 0 Å². The number of piperazine rings is 1. The number of hydrogen-bond acceptors (Lipinski definition) is 4. The van der Waals surface area contributed by atoms with E-state index in [1.165, 1.54) is 16.8 Å². The van der Waals surface area contributed by atoms with Gasteiger partial charge in [-0.2, -0.15) is 5.26 Å². The molecule has 2 aromatic rings. The molecule has 4 nitrogen and oxygen atoms in total. The van der Waals surface area contributed by atoms with E-state index in [1.807, 2.05) is 17.3 Å². The third-order valence-corrected chi connectivity index (χ3v) is 3.86. The van der Waals surface area contributed by atoms with Crippen LogP contribution in [0.5, 0.6) is 0 Å². The van der Waals surface area contributed by atoms with E-state index in [0.29, 0.717) is 0 Å². The van der Waals surface area contributed by atoms with Gasteiger partial charge in [0.15, 0.2) is 6.19 Å². The van der Waals surface area contributed by atoms with Gasteiger partial charge in [-0.1, -0.05) is 12.1 Å². The summed E-state index contributed by atoms with van der Waals surface area (Å²) >= 11 is 0. The molecule has 0 saturated carbocycles. The van der Waals surface area contributed by atoms with Crippen molar-refractivity contribution >= 4 is 5.69 Å². The van der Waals surface area contributed by atoms with E-state index in [2.05, 4.69) is 53.3 Å². The number of nitrogens with zero attached hydrogens (tertiary/aromatic N) is 4. The highest BCUT2D eigenvalue weighted by Crippen LogP contribution is 2.23. The molecule has 0 atom stereocenters. The zero-order valence-electron chi connectivity index (χ0n) is 12.2. The molecule has 0 N–H and O–H groups in total.